The van der Waals surface area contributed by atoms with Crippen LogP contribution in [0.25, 0.3) is 20.8 Å². The van der Waals surface area contributed by atoms with Crippen molar-refractivity contribution in [2.24, 2.45) is 0 Å². The third kappa shape index (κ3) is 9.27. The molecular formula is C34H30F5N5O4S. The molecule has 0 spiro atoms. The standard InChI is InChI=1S/C34H30F5N5O4S/c1-20(45)44(13-14-47-2)19-21-3-9-26(41-18-21)30-16-27-33(49-30)29(11-12-40-27)48-28-10-8-24(15-25(28)36)42-31(34(37,38)39)17-32(46)43-23-6-4-22(35)5-7-23/h3-12,15-16,18,31,42H,13-14,17,19H2,1-2H3,(H,43,46). The number of nitrogens with zero attached hydrogens (tertiary/aromatic N) is 3. The molecule has 15 heteroatoms. The van der Waals surface area contributed by atoms with E-state index >= 15 is 4.39 Å². The molecule has 9 nitrogen and oxygen atoms in total. The average Bonchev–Trinajstić information content (AvgIpc) is 3.50. The van der Waals surface area contributed by atoms with Crippen molar-refractivity contribution in [1.29, 1.82) is 0 Å². The summed E-state index contributed by atoms with van der Waals surface area (Å²) >= 11 is 1.31. The molecule has 0 aliphatic rings. The SMILES string of the molecule is COCCN(Cc1ccc(-c2cc3nccc(Oc4ccc(NC(CC(=O)Nc5ccc(F)cc5)C(F)(F)F)cc4F)c3s2)nc1)C(C)=O. The van der Waals surface area contributed by atoms with E-state index in [4.69, 9.17) is 9.47 Å². The molecule has 1 unspecified atom stereocenters. The predicted molar refractivity (Wildman–Crippen MR) is 175 cm³/mol. The van der Waals surface area contributed by atoms with Crippen LogP contribution in [0.15, 0.2) is 79.1 Å². The number of aromatic nitrogens is 2. The third-order valence-corrected chi connectivity index (χ3v) is 8.40. The molecule has 0 radical (unpaired) electrons. The van der Waals surface area contributed by atoms with E-state index in [-0.39, 0.29) is 28.8 Å². The summed E-state index contributed by atoms with van der Waals surface area (Å²) in [6.07, 6.45) is -2.70. The summed E-state index contributed by atoms with van der Waals surface area (Å²) in [7, 11) is 1.57. The van der Waals surface area contributed by atoms with Gasteiger partial charge in [-0.2, -0.15) is 13.2 Å². The molecule has 3 aromatic heterocycles. The minimum absolute atomic E-state index is 0.0823. The number of anilines is 2. The molecule has 2 amide bonds. The Morgan fingerprint density at radius 2 is 1.71 bits per heavy atom. The number of alkyl halides is 3. The fraction of sp³-hybridized carbons (Fsp3) is 0.235. The van der Waals surface area contributed by atoms with Gasteiger partial charge in [0.05, 0.1) is 33.8 Å². The van der Waals surface area contributed by atoms with Crippen LogP contribution in [-0.2, 0) is 20.9 Å². The van der Waals surface area contributed by atoms with Crippen molar-refractivity contribution >= 4 is 44.7 Å². The Hall–Kier alpha value is -5.15. The van der Waals surface area contributed by atoms with Crippen molar-refractivity contribution in [2.75, 3.05) is 30.9 Å². The Morgan fingerprint density at radius 3 is 2.37 bits per heavy atom. The molecule has 5 aromatic rings. The lowest BCUT2D eigenvalue weighted by Gasteiger charge is -2.22. The maximum atomic E-state index is 15.2. The summed E-state index contributed by atoms with van der Waals surface area (Å²) in [6.45, 7) is 2.73. The molecule has 3 heterocycles. The predicted octanol–water partition coefficient (Wildman–Crippen LogP) is 7.80. The summed E-state index contributed by atoms with van der Waals surface area (Å²) < 4.78 is 81.2. The first-order chi connectivity index (χ1) is 23.4. The van der Waals surface area contributed by atoms with E-state index in [2.05, 4.69) is 20.6 Å². The van der Waals surface area contributed by atoms with Crippen molar-refractivity contribution in [3.8, 4) is 22.1 Å². The first-order valence-electron chi connectivity index (χ1n) is 14.8. The van der Waals surface area contributed by atoms with Gasteiger partial charge in [0.25, 0.3) is 0 Å². The Balaban J connectivity index is 1.28. The van der Waals surface area contributed by atoms with Crippen LogP contribution < -0.4 is 15.4 Å². The molecule has 2 aromatic carbocycles. The number of methoxy groups -OCH3 is 1. The molecular weight excluding hydrogens is 669 g/mol. The first kappa shape index (κ1) is 35.2. The number of hydrogen-bond donors (Lipinski definition) is 2. The number of rotatable bonds is 13. The molecule has 5 rings (SSSR count). The van der Waals surface area contributed by atoms with E-state index in [0.29, 0.717) is 35.6 Å². The van der Waals surface area contributed by atoms with Gasteiger partial charge in [-0.05, 0) is 54.1 Å². The van der Waals surface area contributed by atoms with Crippen molar-refractivity contribution in [2.45, 2.75) is 32.1 Å². The van der Waals surface area contributed by atoms with Crippen LogP contribution in [-0.4, -0.2) is 59.2 Å². The Bertz CT molecular complexity index is 1920. The topological polar surface area (TPSA) is 106 Å². The molecule has 0 saturated carbocycles. The summed E-state index contributed by atoms with van der Waals surface area (Å²) in [5.74, 6) is -2.52. The number of ether oxygens (including phenoxy) is 2. The Labute approximate surface area is 281 Å². The van der Waals surface area contributed by atoms with Gasteiger partial charge in [-0.3, -0.25) is 19.6 Å². The fourth-order valence-corrected chi connectivity index (χ4v) is 5.77. The fourth-order valence-electron chi connectivity index (χ4n) is 4.73. The maximum absolute atomic E-state index is 15.2. The van der Waals surface area contributed by atoms with Gasteiger partial charge < -0.3 is 25.0 Å². The quantitative estimate of drug-likeness (QED) is 0.121. The number of carbonyl (C=O) groups excluding carboxylic acids is 2. The van der Waals surface area contributed by atoms with Gasteiger partial charge >= 0.3 is 6.18 Å². The van der Waals surface area contributed by atoms with Crippen LogP contribution in [0, 0.1) is 11.6 Å². The van der Waals surface area contributed by atoms with Crippen LogP contribution in [0.4, 0.5) is 33.3 Å². The van der Waals surface area contributed by atoms with E-state index < -0.39 is 36.2 Å². The number of thiophene rings is 1. The Kier molecular flexibility index (Phi) is 11.0. The largest absolute Gasteiger partial charge is 0.453 e. The highest BCUT2D eigenvalue weighted by Gasteiger charge is 2.41. The molecule has 0 aliphatic carbocycles. The summed E-state index contributed by atoms with van der Waals surface area (Å²) in [5.41, 5.74) is 1.96. The summed E-state index contributed by atoms with van der Waals surface area (Å²) in [5, 5.41) is 4.46. The molecule has 256 valence electrons. The number of pyridine rings is 2. The molecule has 0 saturated heterocycles. The van der Waals surface area contributed by atoms with Gasteiger partial charge in [0.15, 0.2) is 11.6 Å². The van der Waals surface area contributed by atoms with E-state index in [1.54, 1.807) is 24.3 Å². The highest BCUT2D eigenvalue weighted by Crippen LogP contribution is 2.39. The lowest BCUT2D eigenvalue weighted by Crippen LogP contribution is -2.39. The second-order valence-electron chi connectivity index (χ2n) is 10.9. The van der Waals surface area contributed by atoms with Crippen LogP contribution in [0.3, 0.4) is 0 Å². The summed E-state index contributed by atoms with van der Waals surface area (Å²) in [6, 6.07) is 12.5. The van der Waals surface area contributed by atoms with Crippen molar-refractivity contribution < 1.29 is 41.0 Å². The average molecular weight is 700 g/mol. The molecule has 0 aliphatic heterocycles. The first-order valence-corrected chi connectivity index (χ1v) is 15.7. The minimum Gasteiger partial charge on any atom is -0.453 e. The number of carbonyl (C=O) groups is 2. The number of amides is 2. The van der Waals surface area contributed by atoms with Crippen molar-refractivity contribution in [1.82, 2.24) is 14.9 Å². The zero-order valence-corrected chi connectivity index (χ0v) is 27.0. The third-order valence-electron chi connectivity index (χ3n) is 7.24. The highest BCUT2D eigenvalue weighted by atomic mass is 32.1. The van der Waals surface area contributed by atoms with Gasteiger partial charge in [-0.25, -0.2) is 8.78 Å². The Morgan fingerprint density at radius 1 is 0.959 bits per heavy atom. The number of nitrogens with one attached hydrogen (secondary N) is 2. The molecule has 2 N–H and O–H groups in total. The maximum Gasteiger partial charge on any atom is 0.409 e. The molecule has 0 bridgehead atoms. The van der Waals surface area contributed by atoms with Gasteiger partial charge in [0, 0.05) is 63.0 Å². The lowest BCUT2D eigenvalue weighted by atomic mass is 10.1. The van der Waals surface area contributed by atoms with Crippen LogP contribution in [0.5, 0.6) is 11.5 Å². The number of fused-ring (bicyclic) bond motifs is 1. The molecule has 1 atom stereocenters. The van der Waals surface area contributed by atoms with Crippen LogP contribution >= 0.6 is 11.3 Å². The van der Waals surface area contributed by atoms with Gasteiger partial charge in [-0.15, -0.1) is 11.3 Å². The zero-order chi connectivity index (χ0) is 35.1. The van der Waals surface area contributed by atoms with E-state index in [1.807, 2.05) is 18.2 Å². The monoisotopic (exact) mass is 699 g/mol. The van der Waals surface area contributed by atoms with E-state index in [9.17, 15) is 27.2 Å². The van der Waals surface area contributed by atoms with Gasteiger partial charge in [0.2, 0.25) is 11.8 Å². The summed E-state index contributed by atoms with van der Waals surface area (Å²) in [4.78, 5) is 35.6. The van der Waals surface area contributed by atoms with Gasteiger partial charge in [-0.1, -0.05) is 6.07 Å². The highest BCUT2D eigenvalue weighted by molar-refractivity contribution is 7.22. The number of benzene rings is 2. The smallest absolute Gasteiger partial charge is 0.409 e. The molecule has 0 fully saturated rings. The molecule has 49 heavy (non-hydrogen) atoms. The van der Waals surface area contributed by atoms with Crippen LogP contribution in [0.2, 0.25) is 0 Å². The van der Waals surface area contributed by atoms with Crippen molar-refractivity contribution in [3.63, 3.8) is 0 Å². The zero-order valence-electron chi connectivity index (χ0n) is 26.2. The van der Waals surface area contributed by atoms with Crippen molar-refractivity contribution in [3.05, 3.63) is 96.3 Å². The van der Waals surface area contributed by atoms with E-state index in [1.165, 1.54) is 48.7 Å². The lowest BCUT2D eigenvalue weighted by molar-refractivity contribution is -0.148. The second-order valence-corrected chi connectivity index (χ2v) is 11.9. The van der Waals surface area contributed by atoms with E-state index in [0.717, 1.165) is 28.6 Å². The van der Waals surface area contributed by atoms with Crippen LogP contribution in [0.1, 0.15) is 18.9 Å². The number of halogens is 5. The minimum atomic E-state index is -4.85. The number of hydrogen-bond acceptors (Lipinski definition) is 8. The van der Waals surface area contributed by atoms with Gasteiger partial charge in [0.1, 0.15) is 17.6 Å². The second kappa shape index (κ2) is 15.4. The normalized spacial score (nSPS) is 12.1.